The van der Waals surface area contributed by atoms with Gasteiger partial charge in [-0.1, -0.05) is 92.5 Å². The molecule has 0 aromatic heterocycles. The van der Waals surface area contributed by atoms with Crippen LogP contribution in [-0.4, -0.2) is 26.2 Å². The average Bonchev–Trinajstić information content (AvgIpc) is 3.11. The van der Waals surface area contributed by atoms with Crippen LogP contribution in [0.25, 0.3) is 21.5 Å². The summed E-state index contributed by atoms with van der Waals surface area (Å²) >= 11 is 7.00. The summed E-state index contributed by atoms with van der Waals surface area (Å²) in [6.45, 7) is 0. The Morgan fingerprint density at radius 2 is 0.872 bits per heavy atom. The largest absolute Gasteiger partial charge is 0.465 e. The highest BCUT2D eigenvalue weighted by atomic mass is 79.9. The number of ether oxygens (including phenoxy) is 4. The maximum absolute atomic E-state index is 12.8. The Morgan fingerprint density at radius 1 is 0.489 bits per heavy atom. The highest BCUT2D eigenvalue weighted by molar-refractivity contribution is 9.08. The van der Waals surface area contributed by atoms with Gasteiger partial charge in [0.15, 0.2) is 0 Å². The molecule has 0 saturated heterocycles. The summed E-state index contributed by atoms with van der Waals surface area (Å²) in [5.41, 5.74) is 4.63. The van der Waals surface area contributed by atoms with E-state index in [2.05, 4.69) is 56.1 Å². The topological polar surface area (TPSA) is 71.1 Å². The number of hydrogen-bond donors (Lipinski definition) is 0. The molecule has 6 aromatic carbocycles. The first-order valence-electron chi connectivity index (χ1n) is 14.8. The molecule has 0 heterocycles. The number of fused-ring (bicyclic) bond motifs is 2. The lowest BCUT2D eigenvalue weighted by Crippen LogP contribution is -2.06. The quantitative estimate of drug-likeness (QED) is 0.102. The molecule has 0 aliphatic carbocycles. The van der Waals surface area contributed by atoms with Crippen molar-refractivity contribution in [3.8, 4) is 23.0 Å². The van der Waals surface area contributed by atoms with E-state index < -0.39 is 11.9 Å². The molecule has 6 aromatic rings. The molecule has 0 aliphatic rings. The third kappa shape index (κ3) is 7.34. The molecule has 0 N–H and O–H groups in total. The van der Waals surface area contributed by atoms with Gasteiger partial charge in [-0.2, -0.15) is 0 Å². The third-order valence-corrected chi connectivity index (χ3v) is 9.12. The van der Waals surface area contributed by atoms with Crippen molar-refractivity contribution in [1.82, 2.24) is 0 Å². The molecule has 0 bridgehead atoms. The number of hydrogen-bond acceptors (Lipinski definition) is 6. The third-order valence-electron chi connectivity index (χ3n) is 7.82. The number of benzene rings is 6. The monoisotopic (exact) mass is 752 g/mol. The van der Waals surface area contributed by atoms with E-state index in [-0.39, 0.29) is 0 Å². The van der Waals surface area contributed by atoms with E-state index in [0.29, 0.717) is 40.5 Å². The maximum atomic E-state index is 12.8. The number of rotatable bonds is 10. The van der Waals surface area contributed by atoms with Gasteiger partial charge in [0, 0.05) is 10.7 Å². The molecule has 6 rings (SSSR count). The molecule has 0 radical (unpaired) electrons. The highest BCUT2D eigenvalue weighted by Crippen LogP contribution is 2.33. The van der Waals surface area contributed by atoms with Gasteiger partial charge in [0.25, 0.3) is 0 Å². The molecule has 0 atom stereocenters. The lowest BCUT2D eigenvalue weighted by atomic mass is 10.00. The lowest BCUT2D eigenvalue weighted by Gasteiger charge is -2.14. The SMILES string of the molecule is COC(=O)c1cc(Cc2ccc(Oc3ccc4cc(CBr)ccc4c3)c(C(=O)OC)c2)ccc1Oc1ccc2cc(CBr)ccc2c1. The van der Waals surface area contributed by atoms with E-state index in [1.165, 1.54) is 25.3 Å². The predicted octanol–water partition coefficient (Wildman–Crippen LogP) is 10.5. The van der Waals surface area contributed by atoms with Crippen LogP contribution in [0.4, 0.5) is 0 Å². The molecule has 0 aliphatic heterocycles. The minimum Gasteiger partial charge on any atom is -0.465 e. The average molecular weight is 754 g/mol. The predicted molar refractivity (Wildman–Crippen MR) is 192 cm³/mol. The Labute approximate surface area is 289 Å². The number of carbonyl (C=O) groups excluding carboxylic acids is 2. The minimum absolute atomic E-state index is 0.299. The number of alkyl halides is 2. The van der Waals surface area contributed by atoms with Crippen LogP contribution in [0.1, 0.15) is 43.0 Å². The van der Waals surface area contributed by atoms with Crippen LogP contribution in [0.2, 0.25) is 0 Å². The molecule has 0 spiro atoms. The molecule has 236 valence electrons. The molecular weight excluding hydrogens is 724 g/mol. The Balaban J connectivity index is 1.25. The van der Waals surface area contributed by atoms with E-state index in [1.807, 2.05) is 60.7 Å². The maximum Gasteiger partial charge on any atom is 0.341 e. The summed E-state index contributed by atoms with van der Waals surface area (Å²) in [5, 5.41) is 5.82. The standard InChI is InChI=1S/C39H30Br2O6/c1-44-38(42)34-18-24(5-13-36(34)46-32-11-9-28-16-26(22-40)3-7-30(28)20-32)15-25-6-14-37(35(19-25)39(43)45-2)47-33-12-10-29-17-27(23-41)4-8-31(29)21-33/h3-14,16-21H,15,22-23H2,1-2H3. The van der Waals surface area contributed by atoms with E-state index in [4.69, 9.17) is 18.9 Å². The van der Waals surface area contributed by atoms with Crippen LogP contribution in [-0.2, 0) is 26.6 Å². The second-order valence-corrected chi connectivity index (χ2v) is 12.1. The van der Waals surface area contributed by atoms with Crippen LogP contribution < -0.4 is 9.47 Å². The van der Waals surface area contributed by atoms with E-state index >= 15 is 0 Å². The van der Waals surface area contributed by atoms with E-state index in [9.17, 15) is 9.59 Å². The van der Waals surface area contributed by atoms with Gasteiger partial charge >= 0.3 is 11.9 Å². The van der Waals surface area contributed by atoms with Crippen molar-refractivity contribution in [2.45, 2.75) is 17.1 Å². The number of esters is 2. The highest BCUT2D eigenvalue weighted by Gasteiger charge is 2.18. The lowest BCUT2D eigenvalue weighted by molar-refractivity contribution is 0.0588. The van der Waals surface area contributed by atoms with Crippen LogP contribution in [0, 0.1) is 0 Å². The van der Waals surface area contributed by atoms with Crippen molar-refractivity contribution < 1.29 is 28.5 Å². The zero-order valence-electron chi connectivity index (χ0n) is 25.7. The van der Waals surface area contributed by atoms with Crippen LogP contribution in [0.3, 0.4) is 0 Å². The van der Waals surface area contributed by atoms with Crippen molar-refractivity contribution in [3.63, 3.8) is 0 Å². The Hall–Kier alpha value is -4.66. The summed E-state index contributed by atoms with van der Waals surface area (Å²) in [4.78, 5) is 25.7. The van der Waals surface area contributed by atoms with Crippen molar-refractivity contribution in [1.29, 1.82) is 0 Å². The van der Waals surface area contributed by atoms with Gasteiger partial charge in [-0.3, -0.25) is 0 Å². The van der Waals surface area contributed by atoms with Crippen molar-refractivity contribution in [2.24, 2.45) is 0 Å². The number of methoxy groups -OCH3 is 2. The van der Waals surface area contributed by atoms with Crippen LogP contribution in [0.5, 0.6) is 23.0 Å². The van der Waals surface area contributed by atoms with Crippen molar-refractivity contribution in [2.75, 3.05) is 14.2 Å². The van der Waals surface area contributed by atoms with Crippen LogP contribution >= 0.6 is 31.9 Å². The second kappa shape index (κ2) is 14.4. The summed E-state index contributed by atoms with van der Waals surface area (Å²) in [6, 6.07) is 34.9. The Kier molecular flexibility index (Phi) is 9.90. The molecule has 0 saturated carbocycles. The summed E-state index contributed by atoms with van der Waals surface area (Å²) in [6.07, 6.45) is 0.437. The van der Waals surface area contributed by atoms with Crippen molar-refractivity contribution >= 4 is 65.3 Å². The molecule has 6 nitrogen and oxygen atoms in total. The smallest absolute Gasteiger partial charge is 0.341 e. The first-order valence-corrected chi connectivity index (χ1v) is 17.1. The fraction of sp³-hybridized carbons (Fsp3) is 0.128. The molecule has 0 fully saturated rings. The fourth-order valence-electron chi connectivity index (χ4n) is 5.42. The van der Waals surface area contributed by atoms with Gasteiger partial charge in [-0.15, -0.1) is 0 Å². The first-order chi connectivity index (χ1) is 22.9. The van der Waals surface area contributed by atoms with Crippen LogP contribution in [0.15, 0.2) is 109 Å². The second-order valence-electron chi connectivity index (χ2n) is 11.0. The molecular formula is C39H30Br2O6. The molecule has 0 unspecified atom stereocenters. The first kappa shape index (κ1) is 32.3. The molecule has 0 amide bonds. The van der Waals surface area contributed by atoms with Crippen molar-refractivity contribution in [3.05, 3.63) is 143 Å². The molecule has 8 heteroatoms. The fourth-order valence-corrected chi connectivity index (χ4v) is 6.12. The Morgan fingerprint density at radius 3 is 1.28 bits per heavy atom. The van der Waals surface area contributed by atoms with Gasteiger partial charge in [0.2, 0.25) is 0 Å². The zero-order chi connectivity index (χ0) is 32.9. The summed E-state index contributed by atoms with van der Waals surface area (Å²) < 4.78 is 22.6. The van der Waals surface area contributed by atoms with E-state index in [0.717, 1.165) is 43.3 Å². The van der Waals surface area contributed by atoms with Gasteiger partial charge in [0.05, 0.1) is 14.2 Å². The number of halogens is 2. The summed E-state index contributed by atoms with van der Waals surface area (Å²) in [5.74, 6) is 0.959. The Bertz CT molecular complexity index is 1970. The van der Waals surface area contributed by atoms with Gasteiger partial charge < -0.3 is 18.9 Å². The normalized spacial score (nSPS) is 11.0. The zero-order valence-corrected chi connectivity index (χ0v) is 28.9. The minimum atomic E-state index is -0.512. The van der Waals surface area contributed by atoms with Gasteiger partial charge in [0.1, 0.15) is 34.1 Å². The van der Waals surface area contributed by atoms with E-state index in [1.54, 1.807) is 24.3 Å². The van der Waals surface area contributed by atoms with Gasteiger partial charge in [-0.25, -0.2) is 9.59 Å². The summed E-state index contributed by atoms with van der Waals surface area (Å²) in [7, 11) is 2.68. The molecule has 47 heavy (non-hydrogen) atoms. The van der Waals surface area contributed by atoms with Gasteiger partial charge in [-0.05, 0) is 98.8 Å². The number of carbonyl (C=O) groups is 2.